The summed E-state index contributed by atoms with van der Waals surface area (Å²) in [7, 11) is 0. The molecule has 1 atom stereocenters. The number of benzene rings is 1. The lowest BCUT2D eigenvalue weighted by atomic mass is 9.97. The fourth-order valence-corrected chi connectivity index (χ4v) is 2.58. The first kappa shape index (κ1) is 15.5. The van der Waals surface area contributed by atoms with E-state index in [-0.39, 0.29) is 24.8 Å². The Hall–Kier alpha value is -1.88. The molecule has 0 radical (unpaired) electrons. The number of hydrogen-bond donors (Lipinski definition) is 2. The molecule has 1 heterocycles. The lowest BCUT2D eigenvalue weighted by molar-refractivity contribution is -0.136. The molecule has 1 aromatic rings. The summed E-state index contributed by atoms with van der Waals surface area (Å²) in [6.07, 6.45) is 1.80. The van der Waals surface area contributed by atoms with E-state index in [9.17, 15) is 9.59 Å². The Morgan fingerprint density at radius 3 is 2.62 bits per heavy atom. The molecule has 2 rings (SSSR count). The van der Waals surface area contributed by atoms with Gasteiger partial charge in [-0.2, -0.15) is 0 Å². The highest BCUT2D eigenvalue weighted by molar-refractivity contribution is 5.95. The summed E-state index contributed by atoms with van der Waals surface area (Å²) < 4.78 is 0. The van der Waals surface area contributed by atoms with Gasteiger partial charge >= 0.3 is 5.97 Å². The molecule has 0 bridgehead atoms. The molecule has 5 nitrogen and oxygen atoms in total. The summed E-state index contributed by atoms with van der Waals surface area (Å²) in [5.41, 5.74) is 1.89. The second-order valence-corrected chi connectivity index (χ2v) is 5.51. The lowest BCUT2D eigenvalue weighted by Crippen LogP contribution is -2.44. The van der Waals surface area contributed by atoms with Gasteiger partial charge in [-0.25, -0.2) is 0 Å². The maximum Gasteiger partial charge on any atom is 0.305 e. The number of carbonyl (C=O) groups excluding carboxylic acids is 1. The number of aryl methyl sites for hydroxylation is 1. The smallest absolute Gasteiger partial charge is 0.305 e. The van der Waals surface area contributed by atoms with E-state index in [4.69, 9.17) is 5.11 Å². The molecule has 21 heavy (non-hydrogen) atoms. The molecule has 0 aromatic heterocycles. The third-order valence-corrected chi connectivity index (χ3v) is 3.81. The topological polar surface area (TPSA) is 69.6 Å². The number of nitrogens with one attached hydrogen (secondary N) is 1. The molecule has 1 aliphatic rings. The maximum atomic E-state index is 12.7. The quantitative estimate of drug-likeness (QED) is 0.867. The number of amides is 1. The van der Waals surface area contributed by atoms with Crippen LogP contribution in [-0.2, 0) is 9.59 Å². The summed E-state index contributed by atoms with van der Waals surface area (Å²) in [5.74, 6) is -0.928. The number of anilines is 1. The number of carbonyl (C=O) groups is 2. The van der Waals surface area contributed by atoms with E-state index in [1.165, 1.54) is 0 Å². The van der Waals surface area contributed by atoms with Crippen LogP contribution >= 0.6 is 0 Å². The SMILES string of the molecule is Cc1ccc(N(CCC(=O)O)C(=O)[C@H]2CCCNC2)cc1. The van der Waals surface area contributed by atoms with Gasteiger partial charge in [-0.1, -0.05) is 17.7 Å². The van der Waals surface area contributed by atoms with E-state index in [1.54, 1.807) is 4.90 Å². The molecular formula is C16H22N2O3. The fourth-order valence-electron chi connectivity index (χ4n) is 2.58. The second-order valence-electron chi connectivity index (χ2n) is 5.51. The van der Waals surface area contributed by atoms with Gasteiger partial charge in [-0.3, -0.25) is 9.59 Å². The highest BCUT2D eigenvalue weighted by atomic mass is 16.4. The molecule has 1 amide bonds. The minimum absolute atomic E-state index is 0.0207. The summed E-state index contributed by atoms with van der Waals surface area (Å²) in [6, 6.07) is 7.64. The van der Waals surface area contributed by atoms with Crippen molar-refractivity contribution in [2.75, 3.05) is 24.5 Å². The van der Waals surface area contributed by atoms with Crippen LogP contribution in [0, 0.1) is 12.8 Å². The largest absolute Gasteiger partial charge is 0.481 e. The molecule has 0 unspecified atom stereocenters. The van der Waals surface area contributed by atoms with Gasteiger partial charge in [0.15, 0.2) is 0 Å². The number of hydrogen-bond acceptors (Lipinski definition) is 3. The number of carboxylic acid groups (broad SMARTS) is 1. The number of carboxylic acids is 1. The van der Waals surface area contributed by atoms with E-state index < -0.39 is 5.97 Å². The van der Waals surface area contributed by atoms with Gasteiger partial charge in [-0.15, -0.1) is 0 Å². The Bertz CT molecular complexity index is 493. The van der Waals surface area contributed by atoms with Crippen molar-refractivity contribution in [1.29, 1.82) is 0 Å². The van der Waals surface area contributed by atoms with Gasteiger partial charge in [0.05, 0.1) is 12.3 Å². The van der Waals surface area contributed by atoms with E-state index >= 15 is 0 Å². The predicted molar refractivity (Wildman–Crippen MR) is 81.4 cm³/mol. The van der Waals surface area contributed by atoms with Gasteiger partial charge in [0.25, 0.3) is 0 Å². The molecule has 114 valence electrons. The van der Waals surface area contributed by atoms with Crippen molar-refractivity contribution >= 4 is 17.6 Å². The Kier molecular flexibility index (Phi) is 5.33. The summed E-state index contributed by atoms with van der Waals surface area (Å²) in [6.45, 7) is 3.82. The number of piperidine rings is 1. The van der Waals surface area contributed by atoms with Crippen molar-refractivity contribution in [3.8, 4) is 0 Å². The molecule has 0 saturated carbocycles. The Labute approximate surface area is 125 Å². The monoisotopic (exact) mass is 290 g/mol. The van der Waals surface area contributed by atoms with Gasteiger partial charge in [0.1, 0.15) is 0 Å². The third-order valence-electron chi connectivity index (χ3n) is 3.81. The van der Waals surface area contributed by atoms with Crippen LogP contribution in [0.2, 0.25) is 0 Å². The van der Waals surface area contributed by atoms with Crippen molar-refractivity contribution in [2.24, 2.45) is 5.92 Å². The molecule has 0 spiro atoms. The number of aliphatic carboxylic acids is 1. The lowest BCUT2D eigenvalue weighted by Gasteiger charge is -2.29. The van der Waals surface area contributed by atoms with Crippen molar-refractivity contribution in [3.63, 3.8) is 0 Å². The van der Waals surface area contributed by atoms with E-state index in [0.29, 0.717) is 6.54 Å². The first-order chi connectivity index (χ1) is 10.1. The average molecular weight is 290 g/mol. The van der Waals surface area contributed by atoms with E-state index in [0.717, 1.165) is 30.6 Å². The third kappa shape index (κ3) is 4.29. The van der Waals surface area contributed by atoms with Gasteiger partial charge in [0, 0.05) is 18.8 Å². The van der Waals surface area contributed by atoms with Crippen LogP contribution in [0.25, 0.3) is 0 Å². The average Bonchev–Trinajstić information content (AvgIpc) is 2.49. The highest BCUT2D eigenvalue weighted by Crippen LogP contribution is 2.21. The summed E-state index contributed by atoms with van der Waals surface area (Å²) >= 11 is 0. The zero-order valence-corrected chi connectivity index (χ0v) is 12.3. The summed E-state index contributed by atoms with van der Waals surface area (Å²) in [5, 5.41) is 12.1. The van der Waals surface area contributed by atoms with E-state index in [2.05, 4.69) is 5.32 Å². The van der Waals surface area contributed by atoms with Crippen LogP contribution in [0.5, 0.6) is 0 Å². The van der Waals surface area contributed by atoms with Crippen molar-refractivity contribution in [2.45, 2.75) is 26.2 Å². The highest BCUT2D eigenvalue weighted by Gasteiger charge is 2.27. The molecule has 1 aromatic carbocycles. The van der Waals surface area contributed by atoms with Gasteiger partial charge in [-0.05, 0) is 38.4 Å². The number of rotatable bonds is 5. The van der Waals surface area contributed by atoms with Crippen LogP contribution in [0.3, 0.4) is 0 Å². The molecule has 1 aliphatic heterocycles. The minimum atomic E-state index is -0.887. The minimum Gasteiger partial charge on any atom is -0.481 e. The van der Waals surface area contributed by atoms with Crippen molar-refractivity contribution < 1.29 is 14.7 Å². The van der Waals surface area contributed by atoms with Crippen LogP contribution in [0.1, 0.15) is 24.8 Å². The fraction of sp³-hybridized carbons (Fsp3) is 0.500. The molecular weight excluding hydrogens is 268 g/mol. The molecule has 1 saturated heterocycles. The standard InChI is InChI=1S/C16H22N2O3/c1-12-4-6-14(7-5-12)18(10-8-15(19)20)16(21)13-3-2-9-17-11-13/h4-7,13,17H,2-3,8-11H2,1H3,(H,19,20)/t13-/m0/s1. The first-order valence-corrected chi connectivity index (χ1v) is 7.38. The molecule has 5 heteroatoms. The Morgan fingerprint density at radius 2 is 2.05 bits per heavy atom. The first-order valence-electron chi connectivity index (χ1n) is 7.38. The Morgan fingerprint density at radius 1 is 1.33 bits per heavy atom. The van der Waals surface area contributed by atoms with Crippen LogP contribution in [0.4, 0.5) is 5.69 Å². The van der Waals surface area contributed by atoms with Crippen molar-refractivity contribution in [3.05, 3.63) is 29.8 Å². The van der Waals surface area contributed by atoms with Gasteiger partial charge in [0.2, 0.25) is 5.91 Å². The Balaban J connectivity index is 2.15. The van der Waals surface area contributed by atoms with Crippen LogP contribution in [0.15, 0.2) is 24.3 Å². The van der Waals surface area contributed by atoms with Crippen molar-refractivity contribution in [1.82, 2.24) is 5.32 Å². The molecule has 2 N–H and O–H groups in total. The van der Waals surface area contributed by atoms with Crippen LogP contribution in [-0.4, -0.2) is 36.6 Å². The normalized spacial score (nSPS) is 18.2. The number of nitrogens with zero attached hydrogens (tertiary/aromatic N) is 1. The van der Waals surface area contributed by atoms with Gasteiger partial charge < -0.3 is 15.3 Å². The second kappa shape index (κ2) is 7.22. The summed E-state index contributed by atoms with van der Waals surface area (Å²) in [4.78, 5) is 25.1. The zero-order chi connectivity index (χ0) is 15.2. The zero-order valence-electron chi connectivity index (χ0n) is 12.3. The molecule has 0 aliphatic carbocycles. The van der Waals surface area contributed by atoms with E-state index in [1.807, 2.05) is 31.2 Å². The predicted octanol–water partition coefficient (Wildman–Crippen LogP) is 1.80. The maximum absolute atomic E-state index is 12.7. The molecule has 1 fully saturated rings. The van der Waals surface area contributed by atoms with Crippen LogP contribution < -0.4 is 10.2 Å².